The first-order valence-corrected chi connectivity index (χ1v) is 21.0. The molecular formula is C50H53N7O9. The van der Waals surface area contributed by atoms with Crippen LogP contribution in [0.25, 0.3) is 11.1 Å². The van der Waals surface area contributed by atoms with Crippen molar-refractivity contribution in [3.63, 3.8) is 0 Å². The molecule has 0 aliphatic heterocycles. The predicted molar refractivity (Wildman–Crippen MR) is 249 cm³/mol. The van der Waals surface area contributed by atoms with Crippen molar-refractivity contribution >= 4 is 17.9 Å². The van der Waals surface area contributed by atoms with E-state index in [-0.39, 0.29) is 30.2 Å². The molecular weight excluding hydrogens is 843 g/mol. The molecule has 0 amide bonds. The van der Waals surface area contributed by atoms with E-state index in [9.17, 15) is 29.7 Å². The Hall–Kier alpha value is -7.73. The van der Waals surface area contributed by atoms with Gasteiger partial charge in [-0.25, -0.2) is 24.4 Å². The minimum atomic E-state index is -1.18. The minimum absolute atomic E-state index is 0.0367. The second-order valence-corrected chi connectivity index (χ2v) is 14.6. The lowest BCUT2D eigenvalue weighted by Gasteiger charge is -2.24. The van der Waals surface area contributed by atoms with Crippen LogP contribution in [0.3, 0.4) is 0 Å². The molecule has 0 spiro atoms. The summed E-state index contributed by atoms with van der Waals surface area (Å²) in [5, 5.41) is 39.1. The lowest BCUT2D eigenvalue weighted by Crippen LogP contribution is -2.39. The zero-order valence-electron chi connectivity index (χ0n) is 37.0. The zero-order valence-corrected chi connectivity index (χ0v) is 37.0. The molecule has 8 N–H and O–H groups in total. The molecule has 66 heavy (non-hydrogen) atoms. The number of aromatic nitrogens is 2. The third-order valence-corrected chi connectivity index (χ3v) is 9.82. The van der Waals surface area contributed by atoms with Gasteiger partial charge in [0.05, 0.1) is 38.3 Å². The molecule has 0 aliphatic rings. The summed E-state index contributed by atoms with van der Waals surface area (Å²) in [5.74, 6) is 10.8. The van der Waals surface area contributed by atoms with Crippen LogP contribution in [0.4, 0.5) is 0 Å². The molecule has 2 heterocycles. The number of nitrogens with one attached hydrogen (secondary N) is 3. The number of hydrogen-bond acceptors (Lipinski definition) is 13. The number of methoxy groups -OCH3 is 2. The summed E-state index contributed by atoms with van der Waals surface area (Å²) in [7, 11) is 4.67. The Morgan fingerprint density at radius 2 is 1.32 bits per heavy atom. The van der Waals surface area contributed by atoms with Gasteiger partial charge in [0.15, 0.2) is 0 Å². The van der Waals surface area contributed by atoms with Crippen molar-refractivity contribution in [2.75, 3.05) is 60.6 Å². The largest absolute Gasteiger partial charge is 0.497 e. The average molecular weight is 896 g/mol. The maximum absolute atomic E-state index is 12.3. The lowest BCUT2D eigenvalue weighted by atomic mass is 10.0. The van der Waals surface area contributed by atoms with Gasteiger partial charge in [-0.1, -0.05) is 35.8 Å². The number of nitrogens with two attached hydrogens (primary N) is 1. The third-order valence-electron chi connectivity index (χ3n) is 9.82. The van der Waals surface area contributed by atoms with Crippen LogP contribution < -0.4 is 35.9 Å². The summed E-state index contributed by atoms with van der Waals surface area (Å²) in [4.78, 5) is 47.2. The van der Waals surface area contributed by atoms with Gasteiger partial charge in [0.25, 0.3) is 0 Å². The highest BCUT2D eigenvalue weighted by Gasteiger charge is 2.16. The topological polar surface area (TPSA) is 231 Å². The summed E-state index contributed by atoms with van der Waals surface area (Å²) in [5.41, 5.74) is 9.63. The SMILES string of the molecule is CN/C(=C\C(C#Cc1ccc(OC)cc1)NCCN(CCNCc1cc(C#Cc2ccc(OC)cc2)cc(C(=O)O)n1)Cc1cc(-c2ccc(OCCCN)cc2)cc(C(=O)O)n1)C(=O)O. The first-order valence-electron chi connectivity index (χ1n) is 21.0. The summed E-state index contributed by atoms with van der Waals surface area (Å²) < 4.78 is 16.2. The number of ether oxygens (including phenoxy) is 3. The van der Waals surface area contributed by atoms with E-state index in [1.54, 1.807) is 56.7 Å². The Kier molecular flexibility index (Phi) is 19.1. The van der Waals surface area contributed by atoms with Crippen molar-refractivity contribution in [1.29, 1.82) is 0 Å². The molecule has 0 aliphatic carbocycles. The summed E-state index contributed by atoms with van der Waals surface area (Å²) in [6, 6.07) is 27.6. The third kappa shape index (κ3) is 15.8. The van der Waals surface area contributed by atoms with Crippen LogP contribution in [-0.2, 0) is 17.9 Å². The number of hydrogen-bond donors (Lipinski definition) is 7. The molecule has 1 atom stereocenters. The number of pyridine rings is 2. The standard InChI is InChI=1S/C50H53N7O9/c1-52-45(48(58)59)31-39(14-7-35-10-17-43(65-3)18-11-35)54-23-25-57(33-41-29-38(30-47(56-41)50(62)63)37-12-19-44(20-13-37)66-26-4-21-51)24-22-53-32-40-27-36(28-46(55-40)49(60)61)6-5-34-8-15-42(64-2)16-9-34/h8-13,15-20,27-31,39,52-54H,4,21-26,32-33,51H2,1-3H3,(H,58,59)(H,60,61)(H,62,63)/b45-31-. The maximum Gasteiger partial charge on any atom is 0.354 e. The number of likely N-dealkylation sites (N-methyl/N-ethyl adjacent to an activating group) is 1. The van der Waals surface area contributed by atoms with E-state index < -0.39 is 23.9 Å². The Morgan fingerprint density at radius 1 is 0.727 bits per heavy atom. The van der Waals surface area contributed by atoms with Gasteiger partial charge in [-0.3, -0.25) is 10.2 Å². The van der Waals surface area contributed by atoms with Crippen molar-refractivity contribution in [3.05, 3.63) is 148 Å². The Bertz CT molecular complexity index is 2580. The number of aromatic carboxylic acids is 2. The highest BCUT2D eigenvalue weighted by molar-refractivity contribution is 5.87. The number of carbonyl (C=O) groups is 3. The summed E-state index contributed by atoms with van der Waals surface area (Å²) in [6.45, 7) is 3.04. The quantitative estimate of drug-likeness (QED) is 0.0272. The van der Waals surface area contributed by atoms with E-state index in [0.29, 0.717) is 91.1 Å². The molecule has 0 saturated carbocycles. The molecule has 0 radical (unpaired) electrons. The first-order chi connectivity index (χ1) is 32.0. The fourth-order valence-corrected chi connectivity index (χ4v) is 6.39. The van der Waals surface area contributed by atoms with Gasteiger partial charge in [-0.15, -0.1) is 0 Å². The van der Waals surface area contributed by atoms with Gasteiger partial charge in [0, 0.05) is 63.0 Å². The van der Waals surface area contributed by atoms with Gasteiger partial charge in [-0.05, 0) is 115 Å². The first kappa shape index (κ1) is 49.3. The van der Waals surface area contributed by atoms with Gasteiger partial charge in [0.2, 0.25) is 0 Å². The van der Waals surface area contributed by atoms with E-state index in [1.165, 1.54) is 25.3 Å². The van der Waals surface area contributed by atoms with Crippen molar-refractivity contribution in [3.8, 4) is 52.1 Å². The second-order valence-electron chi connectivity index (χ2n) is 14.6. The van der Waals surface area contributed by atoms with Crippen molar-refractivity contribution in [2.45, 2.75) is 25.6 Å². The van der Waals surface area contributed by atoms with Crippen LogP contribution in [0, 0.1) is 23.7 Å². The molecule has 16 heteroatoms. The van der Waals surface area contributed by atoms with Crippen LogP contribution in [0.5, 0.6) is 17.2 Å². The smallest absolute Gasteiger partial charge is 0.354 e. The van der Waals surface area contributed by atoms with Crippen LogP contribution in [-0.4, -0.2) is 115 Å². The van der Waals surface area contributed by atoms with Gasteiger partial charge < -0.3 is 45.9 Å². The molecule has 0 bridgehead atoms. The van der Waals surface area contributed by atoms with E-state index in [0.717, 1.165) is 11.1 Å². The number of aliphatic carboxylic acids is 1. The fourth-order valence-electron chi connectivity index (χ4n) is 6.39. The number of carboxylic acids is 3. The Balaban J connectivity index is 1.37. The Morgan fingerprint density at radius 3 is 1.92 bits per heavy atom. The van der Waals surface area contributed by atoms with Gasteiger partial charge in [0.1, 0.15) is 34.3 Å². The fraction of sp³-hybridized carbons (Fsp3) is 0.260. The van der Waals surface area contributed by atoms with Crippen LogP contribution in [0.2, 0.25) is 0 Å². The van der Waals surface area contributed by atoms with Crippen LogP contribution in [0.1, 0.15) is 55.5 Å². The van der Waals surface area contributed by atoms with Crippen molar-refractivity contribution < 1.29 is 43.9 Å². The average Bonchev–Trinajstić information content (AvgIpc) is 3.33. The number of benzene rings is 3. The molecule has 0 saturated heterocycles. The van der Waals surface area contributed by atoms with E-state index in [4.69, 9.17) is 19.9 Å². The number of carboxylic acid groups (broad SMARTS) is 3. The van der Waals surface area contributed by atoms with Crippen molar-refractivity contribution in [1.82, 2.24) is 30.8 Å². The second kappa shape index (κ2) is 25.5. The molecule has 3 aromatic carbocycles. The number of nitrogens with zero attached hydrogens (tertiary/aromatic N) is 3. The predicted octanol–water partition coefficient (Wildman–Crippen LogP) is 4.47. The summed E-state index contributed by atoms with van der Waals surface area (Å²) in [6.07, 6.45) is 2.21. The molecule has 0 fully saturated rings. The van der Waals surface area contributed by atoms with Crippen LogP contribution in [0.15, 0.2) is 109 Å². The van der Waals surface area contributed by atoms with Crippen LogP contribution >= 0.6 is 0 Å². The summed E-state index contributed by atoms with van der Waals surface area (Å²) >= 11 is 0. The molecule has 5 rings (SSSR count). The highest BCUT2D eigenvalue weighted by Crippen LogP contribution is 2.25. The number of rotatable bonds is 23. The molecule has 16 nitrogen and oxygen atoms in total. The molecule has 5 aromatic rings. The monoisotopic (exact) mass is 895 g/mol. The highest BCUT2D eigenvalue weighted by atomic mass is 16.5. The lowest BCUT2D eigenvalue weighted by molar-refractivity contribution is -0.133. The zero-order chi connectivity index (χ0) is 47.3. The molecule has 342 valence electrons. The molecule has 2 aromatic heterocycles. The Labute approximate surface area is 383 Å². The van der Waals surface area contributed by atoms with Gasteiger partial charge in [-0.2, -0.15) is 0 Å². The minimum Gasteiger partial charge on any atom is -0.497 e. The van der Waals surface area contributed by atoms with Crippen molar-refractivity contribution in [2.24, 2.45) is 5.73 Å². The molecule has 1 unspecified atom stereocenters. The normalized spacial score (nSPS) is 11.4. The van der Waals surface area contributed by atoms with E-state index in [2.05, 4.69) is 54.5 Å². The maximum atomic E-state index is 12.3. The van der Waals surface area contributed by atoms with E-state index >= 15 is 0 Å². The van der Waals surface area contributed by atoms with Gasteiger partial charge >= 0.3 is 17.9 Å². The van der Waals surface area contributed by atoms with E-state index in [1.807, 2.05) is 42.5 Å².